The molecule has 2 aromatic carbocycles. The van der Waals surface area contributed by atoms with E-state index in [-0.39, 0.29) is 10.8 Å². The SMILES string of the molecule is Cc1csc(NC(=O)c2ccc(NS(=O)(=O)c3ccc(Br)cc3)cc2)n1. The predicted molar refractivity (Wildman–Crippen MR) is 106 cm³/mol. The first-order valence-electron chi connectivity index (χ1n) is 7.45. The number of rotatable bonds is 5. The number of carbonyl (C=O) groups excluding carboxylic acids is 1. The van der Waals surface area contributed by atoms with Crippen LogP contribution in [0.15, 0.2) is 63.3 Å². The maximum Gasteiger partial charge on any atom is 0.261 e. The van der Waals surface area contributed by atoms with E-state index >= 15 is 0 Å². The molecule has 6 nitrogen and oxygen atoms in total. The number of halogens is 1. The van der Waals surface area contributed by atoms with Crippen LogP contribution in [-0.4, -0.2) is 19.3 Å². The average Bonchev–Trinajstić information content (AvgIpc) is 3.00. The molecule has 9 heteroatoms. The number of thiazole rings is 1. The van der Waals surface area contributed by atoms with Gasteiger partial charge in [-0.2, -0.15) is 0 Å². The van der Waals surface area contributed by atoms with E-state index in [4.69, 9.17) is 0 Å². The first kappa shape index (κ1) is 18.6. The van der Waals surface area contributed by atoms with Gasteiger partial charge in [-0.05, 0) is 55.5 Å². The van der Waals surface area contributed by atoms with Crippen molar-refractivity contribution in [2.45, 2.75) is 11.8 Å². The van der Waals surface area contributed by atoms with Crippen molar-refractivity contribution in [1.82, 2.24) is 4.98 Å². The molecule has 0 spiro atoms. The second-order valence-corrected chi connectivity index (χ2v) is 8.84. The highest BCUT2D eigenvalue weighted by molar-refractivity contribution is 9.10. The molecular formula is C17H14BrN3O3S2. The van der Waals surface area contributed by atoms with Crippen LogP contribution in [0.3, 0.4) is 0 Å². The van der Waals surface area contributed by atoms with Gasteiger partial charge in [0.25, 0.3) is 15.9 Å². The molecule has 2 N–H and O–H groups in total. The van der Waals surface area contributed by atoms with Gasteiger partial charge in [0.05, 0.1) is 10.6 Å². The Morgan fingerprint density at radius 3 is 2.31 bits per heavy atom. The minimum absolute atomic E-state index is 0.154. The van der Waals surface area contributed by atoms with Gasteiger partial charge < -0.3 is 0 Å². The highest BCUT2D eigenvalue weighted by Gasteiger charge is 2.14. The Balaban J connectivity index is 1.71. The number of aryl methyl sites for hydroxylation is 1. The highest BCUT2D eigenvalue weighted by Crippen LogP contribution is 2.20. The molecule has 134 valence electrons. The van der Waals surface area contributed by atoms with Crippen LogP contribution in [-0.2, 0) is 10.0 Å². The summed E-state index contributed by atoms with van der Waals surface area (Å²) in [6.07, 6.45) is 0. The molecule has 0 aliphatic rings. The fourth-order valence-electron chi connectivity index (χ4n) is 2.10. The zero-order valence-electron chi connectivity index (χ0n) is 13.6. The number of nitrogens with one attached hydrogen (secondary N) is 2. The van der Waals surface area contributed by atoms with Crippen LogP contribution in [0, 0.1) is 6.92 Å². The molecule has 26 heavy (non-hydrogen) atoms. The monoisotopic (exact) mass is 451 g/mol. The van der Waals surface area contributed by atoms with E-state index in [1.54, 1.807) is 36.4 Å². The van der Waals surface area contributed by atoms with Gasteiger partial charge in [-0.25, -0.2) is 13.4 Å². The van der Waals surface area contributed by atoms with E-state index in [2.05, 4.69) is 31.0 Å². The van der Waals surface area contributed by atoms with Crippen LogP contribution < -0.4 is 10.0 Å². The molecule has 1 aromatic heterocycles. The number of aromatic nitrogens is 1. The number of hydrogen-bond acceptors (Lipinski definition) is 5. The number of nitrogens with zero attached hydrogens (tertiary/aromatic N) is 1. The summed E-state index contributed by atoms with van der Waals surface area (Å²) < 4.78 is 28.0. The maximum absolute atomic E-state index is 12.4. The Morgan fingerprint density at radius 1 is 1.08 bits per heavy atom. The first-order valence-corrected chi connectivity index (χ1v) is 10.6. The third kappa shape index (κ3) is 4.48. The minimum atomic E-state index is -3.69. The summed E-state index contributed by atoms with van der Waals surface area (Å²) in [5, 5.41) is 5.07. The summed E-state index contributed by atoms with van der Waals surface area (Å²) in [4.78, 5) is 16.5. The van der Waals surface area contributed by atoms with Gasteiger partial charge in [0, 0.05) is 21.1 Å². The van der Waals surface area contributed by atoms with Gasteiger partial charge in [-0.1, -0.05) is 15.9 Å². The van der Waals surface area contributed by atoms with Crippen LogP contribution >= 0.6 is 27.3 Å². The van der Waals surface area contributed by atoms with Gasteiger partial charge in [0.1, 0.15) is 0 Å². The molecule has 1 amide bonds. The lowest BCUT2D eigenvalue weighted by molar-refractivity contribution is 0.102. The van der Waals surface area contributed by atoms with Crippen molar-refractivity contribution in [1.29, 1.82) is 0 Å². The van der Waals surface area contributed by atoms with Crippen LogP contribution in [0.1, 0.15) is 16.1 Å². The summed E-state index contributed by atoms with van der Waals surface area (Å²) >= 11 is 4.61. The molecule has 3 rings (SSSR count). The number of sulfonamides is 1. The largest absolute Gasteiger partial charge is 0.298 e. The lowest BCUT2D eigenvalue weighted by atomic mass is 10.2. The fraction of sp³-hybridized carbons (Fsp3) is 0.0588. The number of amides is 1. The Labute approximate surface area is 163 Å². The van der Waals surface area contributed by atoms with E-state index in [0.29, 0.717) is 16.4 Å². The summed E-state index contributed by atoms with van der Waals surface area (Å²) in [6, 6.07) is 12.5. The third-order valence-corrected chi connectivity index (χ3v) is 6.16. The van der Waals surface area contributed by atoms with E-state index < -0.39 is 10.0 Å². The van der Waals surface area contributed by atoms with Crippen molar-refractivity contribution < 1.29 is 13.2 Å². The van der Waals surface area contributed by atoms with Crippen LogP contribution in [0.25, 0.3) is 0 Å². The van der Waals surface area contributed by atoms with Crippen molar-refractivity contribution >= 4 is 54.0 Å². The lowest BCUT2D eigenvalue weighted by Gasteiger charge is -2.09. The Morgan fingerprint density at radius 2 is 1.73 bits per heavy atom. The van der Waals surface area contributed by atoms with Crippen molar-refractivity contribution in [3.63, 3.8) is 0 Å². The zero-order chi connectivity index (χ0) is 18.7. The number of hydrogen-bond donors (Lipinski definition) is 2. The summed E-state index contributed by atoms with van der Waals surface area (Å²) in [7, 11) is -3.69. The zero-order valence-corrected chi connectivity index (χ0v) is 16.8. The van der Waals surface area contributed by atoms with Crippen molar-refractivity contribution in [2.24, 2.45) is 0 Å². The number of benzene rings is 2. The molecule has 0 saturated carbocycles. The minimum Gasteiger partial charge on any atom is -0.298 e. The molecule has 0 fully saturated rings. The normalized spacial score (nSPS) is 11.2. The quantitative estimate of drug-likeness (QED) is 0.606. The maximum atomic E-state index is 12.4. The summed E-state index contributed by atoms with van der Waals surface area (Å²) in [6.45, 7) is 1.85. The first-order chi connectivity index (χ1) is 12.3. The lowest BCUT2D eigenvalue weighted by Crippen LogP contribution is -2.14. The van der Waals surface area contributed by atoms with E-state index in [9.17, 15) is 13.2 Å². The van der Waals surface area contributed by atoms with Crippen molar-refractivity contribution in [3.8, 4) is 0 Å². The van der Waals surface area contributed by atoms with Gasteiger partial charge in [0.15, 0.2) is 5.13 Å². The molecule has 0 radical (unpaired) electrons. The third-order valence-electron chi connectivity index (χ3n) is 3.36. The molecule has 0 bridgehead atoms. The Kier molecular flexibility index (Phi) is 5.40. The topological polar surface area (TPSA) is 88.2 Å². The van der Waals surface area contributed by atoms with Gasteiger partial charge in [-0.3, -0.25) is 14.8 Å². The standard InChI is InChI=1S/C17H14BrN3O3S2/c1-11-10-25-17(19-11)20-16(22)12-2-6-14(7-3-12)21-26(23,24)15-8-4-13(18)5-9-15/h2-10,21H,1H3,(H,19,20,22). The highest BCUT2D eigenvalue weighted by atomic mass is 79.9. The van der Waals surface area contributed by atoms with E-state index in [1.165, 1.54) is 23.5 Å². The van der Waals surface area contributed by atoms with Crippen LogP contribution in [0.5, 0.6) is 0 Å². The molecule has 0 atom stereocenters. The average molecular weight is 452 g/mol. The summed E-state index contributed by atoms with van der Waals surface area (Å²) in [5.41, 5.74) is 1.61. The number of carbonyl (C=O) groups is 1. The van der Waals surface area contributed by atoms with E-state index in [0.717, 1.165) is 10.2 Å². The van der Waals surface area contributed by atoms with Crippen LogP contribution in [0.4, 0.5) is 10.8 Å². The molecule has 0 aliphatic heterocycles. The molecule has 1 heterocycles. The van der Waals surface area contributed by atoms with Crippen molar-refractivity contribution in [2.75, 3.05) is 10.0 Å². The molecule has 3 aromatic rings. The Hall–Kier alpha value is -2.23. The van der Waals surface area contributed by atoms with Crippen molar-refractivity contribution in [3.05, 3.63) is 69.6 Å². The van der Waals surface area contributed by atoms with Gasteiger partial charge in [0.2, 0.25) is 0 Å². The second kappa shape index (κ2) is 7.56. The molecule has 0 saturated heterocycles. The second-order valence-electron chi connectivity index (χ2n) is 5.38. The van der Waals surface area contributed by atoms with Crippen LogP contribution in [0.2, 0.25) is 0 Å². The molecule has 0 unspecified atom stereocenters. The fourth-order valence-corrected chi connectivity index (χ4v) is 4.10. The van der Waals surface area contributed by atoms with Gasteiger partial charge in [-0.15, -0.1) is 11.3 Å². The predicted octanol–water partition coefficient (Wildman–Crippen LogP) is 4.27. The Bertz CT molecular complexity index is 1030. The summed E-state index contributed by atoms with van der Waals surface area (Å²) in [5.74, 6) is -0.304. The number of anilines is 2. The van der Waals surface area contributed by atoms with E-state index in [1.807, 2.05) is 12.3 Å². The molecule has 0 aliphatic carbocycles. The molecular weight excluding hydrogens is 438 g/mol. The van der Waals surface area contributed by atoms with Gasteiger partial charge >= 0.3 is 0 Å². The smallest absolute Gasteiger partial charge is 0.261 e.